The van der Waals surface area contributed by atoms with E-state index in [1.54, 1.807) is 0 Å². The highest BCUT2D eigenvalue weighted by atomic mass is 16.5. The van der Waals surface area contributed by atoms with Gasteiger partial charge in [-0.3, -0.25) is 0 Å². The van der Waals surface area contributed by atoms with E-state index in [1.807, 2.05) is 20.8 Å². The molecule has 0 aromatic heterocycles. The maximum atomic E-state index is 9.99. The van der Waals surface area contributed by atoms with Crippen molar-refractivity contribution in [2.24, 2.45) is 5.73 Å². The third-order valence-electron chi connectivity index (χ3n) is 3.55. The average Bonchev–Trinajstić information content (AvgIpc) is 2.68. The highest BCUT2D eigenvalue weighted by Crippen LogP contribution is 2.42. The Hall–Kier alpha value is -1.22. The molecule has 0 aliphatic carbocycles. The van der Waals surface area contributed by atoms with E-state index in [2.05, 4.69) is 0 Å². The van der Waals surface area contributed by atoms with Crippen molar-refractivity contribution in [3.8, 4) is 11.5 Å². The molecule has 1 aromatic carbocycles. The van der Waals surface area contributed by atoms with E-state index in [4.69, 9.17) is 10.5 Å². The van der Waals surface area contributed by atoms with Gasteiger partial charge in [0.2, 0.25) is 0 Å². The molecule has 3 nitrogen and oxygen atoms in total. The van der Waals surface area contributed by atoms with E-state index >= 15 is 0 Å². The molecule has 3 N–H and O–H groups in total. The van der Waals surface area contributed by atoms with Gasteiger partial charge in [-0.05, 0) is 50.4 Å². The Morgan fingerprint density at radius 3 is 2.56 bits per heavy atom. The fraction of sp³-hybridized carbons (Fsp3) is 0.538. The first-order valence-corrected chi connectivity index (χ1v) is 5.74. The number of nitrogens with two attached hydrogens (primary N) is 1. The molecule has 1 aromatic rings. The summed E-state index contributed by atoms with van der Waals surface area (Å²) in [5.41, 5.74) is 9.63. The number of rotatable bonds is 2. The first-order valence-electron chi connectivity index (χ1n) is 5.74. The molecule has 1 atom stereocenters. The summed E-state index contributed by atoms with van der Waals surface area (Å²) in [4.78, 5) is 0. The molecule has 1 unspecified atom stereocenters. The average molecular weight is 221 g/mol. The Bertz CT molecular complexity index is 390. The quantitative estimate of drug-likeness (QED) is 0.802. The van der Waals surface area contributed by atoms with Crippen LogP contribution in [0.4, 0.5) is 0 Å². The van der Waals surface area contributed by atoms with Gasteiger partial charge in [0.25, 0.3) is 0 Å². The molecule has 0 radical (unpaired) electrons. The fourth-order valence-corrected chi connectivity index (χ4v) is 2.36. The number of benzene rings is 1. The minimum Gasteiger partial charge on any atom is -0.507 e. The number of hydrogen-bond donors (Lipinski definition) is 2. The van der Waals surface area contributed by atoms with Crippen molar-refractivity contribution in [2.45, 2.75) is 39.7 Å². The van der Waals surface area contributed by atoms with Crippen LogP contribution in [0.2, 0.25) is 0 Å². The summed E-state index contributed by atoms with van der Waals surface area (Å²) in [6.45, 7) is 6.52. The zero-order valence-corrected chi connectivity index (χ0v) is 10.1. The Balaban J connectivity index is 2.45. The summed E-state index contributed by atoms with van der Waals surface area (Å²) in [7, 11) is 0. The van der Waals surface area contributed by atoms with E-state index in [1.165, 1.54) is 0 Å². The van der Waals surface area contributed by atoms with Crippen molar-refractivity contribution in [3.05, 3.63) is 22.3 Å². The fourth-order valence-electron chi connectivity index (χ4n) is 2.36. The van der Waals surface area contributed by atoms with Gasteiger partial charge in [0, 0.05) is 12.0 Å². The monoisotopic (exact) mass is 221 g/mol. The van der Waals surface area contributed by atoms with E-state index in [9.17, 15) is 5.11 Å². The molecule has 16 heavy (non-hydrogen) atoms. The number of phenols is 1. The molecule has 0 saturated carbocycles. The van der Waals surface area contributed by atoms with Crippen LogP contribution in [0, 0.1) is 20.8 Å². The van der Waals surface area contributed by atoms with Crippen LogP contribution in [0.5, 0.6) is 11.5 Å². The molecule has 1 aliphatic rings. The topological polar surface area (TPSA) is 55.5 Å². The van der Waals surface area contributed by atoms with Gasteiger partial charge in [0.05, 0.1) is 0 Å². The lowest BCUT2D eigenvalue weighted by molar-refractivity contribution is 0.223. The van der Waals surface area contributed by atoms with Crippen molar-refractivity contribution in [1.82, 2.24) is 0 Å². The largest absolute Gasteiger partial charge is 0.507 e. The van der Waals surface area contributed by atoms with Crippen LogP contribution in [-0.2, 0) is 6.42 Å². The first kappa shape index (κ1) is 11.3. The number of aromatic hydroxyl groups is 1. The smallest absolute Gasteiger partial charge is 0.126 e. The molecule has 0 spiro atoms. The molecule has 2 rings (SSSR count). The van der Waals surface area contributed by atoms with Crippen molar-refractivity contribution in [1.29, 1.82) is 0 Å². The van der Waals surface area contributed by atoms with Crippen LogP contribution in [-0.4, -0.2) is 17.8 Å². The molecule has 0 amide bonds. The molecule has 0 bridgehead atoms. The predicted octanol–water partition coefficient (Wildman–Crippen LogP) is 1.97. The highest BCUT2D eigenvalue weighted by Gasteiger charge is 2.28. The maximum absolute atomic E-state index is 9.99. The van der Waals surface area contributed by atoms with Gasteiger partial charge < -0.3 is 15.6 Å². The summed E-state index contributed by atoms with van der Waals surface area (Å²) < 4.78 is 5.90. The lowest BCUT2D eigenvalue weighted by Crippen LogP contribution is -2.18. The van der Waals surface area contributed by atoms with Gasteiger partial charge in [0.15, 0.2) is 0 Å². The van der Waals surface area contributed by atoms with Crippen molar-refractivity contribution in [2.75, 3.05) is 6.54 Å². The van der Waals surface area contributed by atoms with Gasteiger partial charge in [-0.25, -0.2) is 0 Å². The Kier molecular flexibility index (Phi) is 2.80. The van der Waals surface area contributed by atoms with Crippen LogP contribution >= 0.6 is 0 Å². The standard InChI is InChI=1S/C13H19NO2/c1-7-8(2)13-11(9(3)12(7)15)6-10(16-13)4-5-14/h10,15H,4-6,14H2,1-3H3. The van der Waals surface area contributed by atoms with E-state index in [0.29, 0.717) is 12.3 Å². The van der Waals surface area contributed by atoms with E-state index in [0.717, 1.165) is 40.8 Å². The van der Waals surface area contributed by atoms with Gasteiger partial charge in [-0.15, -0.1) is 0 Å². The normalized spacial score (nSPS) is 18.4. The van der Waals surface area contributed by atoms with Crippen molar-refractivity contribution in [3.63, 3.8) is 0 Å². The number of fused-ring (bicyclic) bond motifs is 1. The maximum Gasteiger partial charge on any atom is 0.126 e. The third kappa shape index (κ3) is 1.55. The lowest BCUT2D eigenvalue weighted by atomic mass is 9.96. The predicted molar refractivity (Wildman–Crippen MR) is 64.1 cm³/mol. The molecular weight excluding hydrogens is 202 g/mol. The summed E-state index contributed by atoms with van der Waals surface area (Å²) in [6, 6.07) is 0. The van der Waals surface area contributed by atoms with E-state index in [-0.39, 0.29) is 6.10 Å². The first-order chi connectivity index (χ1) is 7.56. The SMILES string of the molecule is Cc1c(C)c2c(c(C)c1O)CC(CCN)O2. The zero-order chi connectivity index (χ0) is 11.9. The van der Waals surface area contributed by atoms with Crippen LogP contribution in [0.3, 0.4) is 0 Å². The summed E-state index contributed by atoms with van der Waals surface area (Å²) in [5.74, 6) is 1.37. The van der Waals surface area contributed by atoms with Gasteiger partial charge >= 0.3 is 0 Å². The Labute approximate surface area is 96.2 Å². The number of phenolic OH excluding ortho intramolecular Hbond substituents is 1. The minimum absolute atomic E-state index is 0.179. The molecule has 0 fully saturated rings. The summed E-state index contributed by atoms with van der Waals surface area (Å²) in [6.07, 6.45) is 1.92. The van der Waals surface area contributed by atoms with Gasteiger partial charge in [-0.2, -0.15) is 0 Å². The second-order valence-electron chi connectivity index (χ2n) is 4.55. The minimum atomic E-state index is 0.179. The third-order valence-corrected chi connectivity index (χ3v) is 3.55. The van der Waals surface area contributed by atoms with Crippen molar-refractivity contribution >= 4 is 0 Å². The molecule has 0 saturated heterocycles. The molecular formula is C13H19NO2. The van der Waals surface area contributed by atoms with E-state index < -0.39 is 0 Å². The number of ether oxygens (including phenoxy) is 1. The molecule has 3 heteroatoms. The summed E-state index contributed by atoms with van der Waals surface area (Å²) >= 11 is 0. The number of hydrogen-bond acceptors (Lipinski definition) is 3. The van der Waals surface area contributed by atoms with Crippen LogP contribution in [0.1, 0.15) is 28.7 Å². The molecule has 1 aliphatic heterocycles. The van der Waals surface area contributed by atoms with Crippen molar-refractivity contribution < 1.29 is 9.84 Å². The van der Waals surface area contributed by atoms with Crippen LogP contribution < -0.4 is 10.5 Å². The molecule has 88 valence electrons. The van der Waals surface area contributed by atoms with Crippen LogP contribution in [0.25, 0.3) is 0 Å². The lowest BCUT2D eigenvalue weighted by Gasteiger charge is -2.13. The summed E-state index contributed by atoms with van der Waals surface area (Å²) in [5, 5.41) is 9.99. The molecule has 1 heterocycles. The second-order valence-corrected chi connectivity index (χ2v) is 4.55. The second kappa shape index (κ2) is 3.98. The van der Waals surface area contributed by atoms with Gasteiger partial charge in [0.1, 0.15) is 17.6 Å². The van der Waals surface area contributed by atoms with Gasteiger partial charge in [-0.1, -0.05) is 0 Å². The Morgan fingerprint density at radius 1 is 1.25 bits per heavy atom. The highest BCUT2D eigenvalue weighted by molar-refractivity contribution is 5.59. The van der Waals surface area contributed by atoms with Crippen LogP contribution in [0.15, 0.2) is 0 Å². The Morgan fingerprint density at radius 2 is 1.94 bits per heavy atom. The zero-order valence-electron chi connectivity index (χ0n) is 10.1.